The van der Waals surface area contributed by atoms with Gasteiger partial charge in [-0.15, -0.1) is 0 Å². The van der Waals surface area contributed by atoms with Gasteiger partial charge in [0.15, 0.2) is 0 Å². The first-order valence-electron chi connectivity index (χ1n) is 10.0. The van der Waals surface area contributed by atoms with Crippen LogP contribution in [0, 0.1) is 5.92 Å². The Morgan fingerprint density at radius 2 is 1.90 bits per heavy atom. The highest BCUT2D eigenvalue weighted by atomic mass is 16.5. The lowest BCUT2D eigenvalue weighted by atomic mass is 9.98. The average Bonchev–Trinajstić information content (AvgIpc) is 2.75. The molecule has 3 aromatic rings. The largest absolute Gasteiger partial charge is 0.496 e. The molecule has 0 saturated heterocycles. The van der Waals surface area contributed by atoms with E-state index in [9.17, 15) is 14.7 Å². The fourth-order valence-corrected chi connectivity index (χ4v) is 3.43. The van der Waals surface area contributed by atoms with Gasteiger partial charge in [-0.1, -0.05) is 44.2 Å². The zero-order valence-corrected chi connectivity index (χ0v) is 17.5. The van der Waals surface area contributed by atoms with Crippen LogP contribution in [-0.4, -0.2) is 30.8 Å². The normalized spacial score (nSPS) is 12.2. The molecular formula is C24H27NO5. The number of ether oxygens (including phenoxy) is 1. The fourth-order valence-electron chi connectivity index (χ4n) is 3.43. The maximum Gasteiger partial charge on any atom is 0.336 e. The minimum atomic E-state index is -0.431. The number of aliphatic hydroxyl groups excluding tert-OH is 1. The summed E-state index contributed by atoms with van der Waals surface area (Å²) in [6.45, 7) is 3.81. The van der Waals surface area contributed by atoms with E-state index in [-0.39, 0.29) is 30.9 Å². The first kappa shape index (κ1) is 21.6. The number of carbonyl (C=O) groups is 1. The Kier molecular flexibility index (Phi) is 6.90. The van der Waals surface area contributed by atoms with Crippen molar-refractivity contribution in [3.8, 4) is 16.9 Å². The maximum absolute atomic E-state index is 12.4. The van der Waals surface area contributed by atoms with E-state index in [4.69, 9.17) is 9.15 Å². The van der Waals surface area contributed by atoms with Crippen LogP contribution in [0.5, 0.6) is 5.75 Å². The molecule has 1 atom stereocenters. The summed E-state index contributed by atoms with van der Waals surface area (Å²) in [6.07, 6.45) is 0.705. The Morgan fingerprint density at radius 1 is 1.17 bits per heavy atom. The van der Waals surface area contributed by atoms with Gasteiger partial charge in [0.2, 0.25) is 5.91 Å². The second-order valence-corrected chi connectivity index (χ2v) is 7.61. The molecule has 158 valence electrons. The molecule has 30 heavy (non-hydrogen) atoms. The van der Waals surface area contributed by atoms with E-state index in [1.54, 1.807) is 13.2 Å². The van der Waals surface area contributed by atoms with Crippen molar-refractivity contribution in [3.63, 3.8) is 0 Å². The number of hydrogen-bond donors (Lipinski definition) is 2. The van der Waals surface area contributed by atoms with Crippen LogP contribution < -0.4 is 15.7 Å². The van der Waals surface area contributed by atoms with E-state index in [2.05, 4.69) is 5.32 Å². The SMILES string of the molecule is COc1cc2oc(=O)cc(-c3ccccc3)c2cc1CCC(=O)N[C@@H](CO)C(C)C. The minimum Gasteiger partial charge on any atom is -0.496 e. The zero-order chi connectivity index (χ0) is 21.7. The van der Waals surface area contributed by atoms with Crippen LogP contribution in [0.3, 0.4) is 0 Å². The van der Waals surface area contributed by atoms with E-state index >= 15 is 0 Å². The van der Waals surface area contributed by atoms with Crippen molar-refractivity contribution >= 4 is 16.9 Å². The van der Waals surface area contributed by atoms with Gasteiger partial charge >= 0.3 is 5.63 Å². The van der Waals surface area contributed by atoms with Crippen molar-refractivity contribution in [1.82, 2.24) is 5.32 Å². The van der Waals surface area contributed by atoms with Gasteiger partial charge in [-0.05, 0) is 35.1 Å². The Bertz CT molecular complexity index is 1070. The molecule has 3 rings (SSSR count). The molecule has 0 bridgehead atoms. The monoisotopic (exact) mass is 409 g/mol. The number of carbonyl (C=O) groups excluding carboxylic acids is 1. The minimum absolute atomic E-state index is 0.0951. The average molecular weight is 409 g/mol. The van der Waals surface area contributed by atoms with Crippen molar-refractivity contribution in [1.29, 1.82) is 0 Å². The van der Waals surface area contributed by atoms with E-state index in [0.717, 1.165) is 22.1 Å². The molecule has 6 nitrogen and oxygen atoms in total. The van der Waals surface area contributed by atoms with Crippen LogP contribution in [0.4, 0.5) is 0 Å². The summed E-state index contributed by atoms with van der Waals surface area (Å²) in [5.74, 6) is 0.574. The van der Waals surface area contributed by atoms with Crippen molar-refractivity contribution < 1.29 is 19.1 Å². The van der Waals surface area contributed by atoms with Gasteiger partial charge in [0, 0.05) is 23.9 Å². The predicted molar refractivity (Wildman–Crippen MR) is 117 cm³/mol. The van der Waals surface area contributed by atoms with E-state index in [0.29, 0.717) is 17.8 Å². The quantitative estimate of drug-likeness (QED) is 0.556. The van der Waals surface area contributed by atoms with Gasteiger partial charge in [0.25, 0.3) is 0 Å². The third kappa shape index (κ3) is 4.89. The van der Waals surface area contributed by atoms with Crippen molar-refractivity contribution in [2.75, 3.05) is 13.7 Å². The molecule has 0 fully saturated rings. The van der Waals surface area contributed by atoms with Gasteiger partial charge in [0.1, 0.15) is 11.3 Å². The highest BCUT2D eigenvalue weighted by molar-refractivity contribution is 5.94. The van der Waals surface area contributed by atoms with Crippen LogP contribution in [-0.2, 0) is 11.2 Å². The second kappa shape index (κ2) is 9.59. The van der Waals surface area contributed by atoms with Crippen molar-refractivity contribution in [2.45, 2.75) is 32.7 Å². The first-order valence-corrected chi connectivity index (χ1v) is 10.0. The summed E-state index contributed by atoms with van der Waals surface area (Å²) in [5, 5.41) is 13.1. The molecular weight excluding hydrogens is 382 g/mol. The lowest BCUT2D eigenvalue weighted by Gasteiger charge is -2.20. The van der Waals surface area contributed by atoms with Gasteiger partial charge in [0.05, 0.1) is 19.8 Å². The van der Waals surface area contributed by atoms with Crippen molar-refractivity contribution in [2.24, 2.45) is 5.92 Å². The second-order valence-electron chi connectivity index (χ2n) is 7.61. The lowest BCUT2D eigenvalue weighted by molar-refractivity contribution is -0.122. The first-order chi connectivity index (χ1) is 14.4. The van der Waals surface area contributed by atoms with Crippen LogP contribution in [0.15, 0.2) is 57.7 Å². The number of benzene rings is 2. The van der Waals surface area contributed by atoms with Gasteiger partial charge in [-0.25, -0.2) is 4.79 Å². The highest BCUT2D eigenvalue weighted by Crippen LogP contribution is 2.32. The van der Waals surface area contributed by atoms with Gasteiger partial charge < -0.3 is 19.6 Å². The van der Waals surface area contributed by atoms with Gasteiger partial charge in [-0.2, -0.15) is 0 Å². The third-order valence-electron chi connectivity index (χ3n) is 5.20. The maximum atomic E-state index is 12.4. The molecule has 0 spiro atoms. The topological polar surface area (TPSA) is 88.8 Å². The van der Waals surface area contributed by atoms with E-state index in [1.807, 2.05) is 50.2 Å². The number of rotatable bonds is 8. The molecule has 0 saturated carbocycles. The van der Waals surface area contributed by atoms with Crippen LogP contribution in [0.1, 0.15) is 25.8 Å². The van der Waals surface area contributed by atoms with E-state index in [1.165, 1.54) is 6.07 Å². The fraction of sp³-hybridized carbons (Fsp3) is 0.333. The number of amides is 1. The molecule has 2 aromatic carbocycles. The van der Waals surface area contributed by atoms with Crippen LogP contribution in [0.2, 0.25) is 0 Å². The number of aryl methyl sites for hydroxylation is 1. The molecule has 2 N–H and O–H groups in total. The van der Waals surface area contributed by atoms with Crippen molar-refractivity contribution in [3.05, 3.63) is 64.5 Å². The number of fused-ring (bicyclic) bond motifs is 1. The number of aliphatic hydroxyl groups is 1. The van der Waals surface area contributed by atoms with Crippen LogP contribution >= 0.6 is 0 Å². The Labute approximate surface area is 175 Å². The number of nitrogens with one attached hydrogen (secondary N) is 1. The number of methoxy groups -OCH3 is 1. The molecule has 0 radical (unpaired) electrons. The summed E-state index contributed by atoms with van der Waals surface area (Å²) in [6, 6.07) is 14.4. The molecule has 6 heteroatoms. The van der Waals surface area contributed by atoms with Gasteiger partial charge in [-0.3, -0.25) is 4.79 Å². The number of hydrogen-bond acceptors (Lipinski definition) is 5. The standard InChI is InChI=1S/C24H27NO5/c1-15(2)20(14-26)25-23(27)10-9-17-11-19-18(16-7-5-4-6-8-16)12-24(28)30-22(19)13-21(17)29-3/h4-8,11-13,15,20,26H,9-10,14H2,1-3H3,(H,25,27)/t20-/m0/s1. The summed E-state index contributed by atoms with van der Waals surface area (Å²) in [5.41, 5.74) is 2.53. The summed E-state index contributed by atoms with van der Waals surface area (Å²) in [7, 11) is 1.55. The summed E-state index contributed by atoms with van der Waals surface area (Å²) >= 11 is 0. The van der Waals surface area contributed by atoms with Crippen LogP contribution in [0.25, 0.3) is 22.1 Å². The molecule has 1 heterocycles. The zero-order valence-electron chi connectivity index (χ0n) is 17.5. The van der Waals surface area contributed by atoms with E-state index < -0.39 is 5.63 Å². The molecule has 1 amide bonds. The Balaban J connectivity index is 1.94. The molecule has 1 aromatic heterocycles. The Hall–Kier alpha value is -3.12. The molecule has 0 aliphatic carbocycles. The Morgan fingerprint density at radius 3 is 2.53 bits per heavy atom. The molecule has 0 aliphatic heterocycles. The predicted octanol–water partition coefficient (Wildman–Crippen LogP) is 3.53. The highest BCUT2D eigenvalue weighted by Gasteiger charge is 2.17. The summed E-state index contributed by atoms with van der Waals surface area (Å²) in [4.78, 5) is 24.4. The molecule has 0 unspecified atom stereocenters. The summed E-state index contributed by atoms with van der Waals surface area (Å²) < 4.78 is 10.9. The molecule has 0 aliphatic rings. The lowest BCUT2D eigenvalue weighted by Crippen LogP contribution is -2.41. The third-order valence-corrected chi connectivity index (χ3v) is 5.20. The smallest absolute Gasteiger partial charge is 0.336 e.